The highest BCUT2D eigenvalue weighted by Crippen LogP contribution is 2.41. The third-order valence-corrected chi connectivity index (χ3v) is 9.27. The maximum absolute atomic E-state index is 5.32. The van der Waals surface area contributed by atoms with E-state index in [4.69, 9.17) is 15.0 Å². The van der Waals surface area contributed by atoms with Crippen LogP contribution in [0.1, 0.15) is 0 Å². The lowest BCUT2D eigenvalue weighted by molar-refractivity contribution is 1.19. The van der Waals surface area contributed by atoms with E-state index < -0.39 is 0 Å². The number of nitrogens with zero attached hydrogens (tertiary/aromatic N) is 3. The van der Waals surface area contributed by atoms with E-state index in [2.05, 4.69) is 170 Å². The van der Waals surface area contributed by atoms with E-state index in [0.717, 1.165) is 77.7 Å². The van der Waals surface area contributed by atoms with Gasteiger partial charge in [0.15, 0.2) is 5.82 Å². The predicted molar refractivity (Wildman–Crippen MR) is 207 cm³/mol. The van der Waals surface area contributed by atoms with Crippen molar-refractivity contribution in [3.63, 3.8) is 0 Å². The van der Waals surface area contributed by atoms with Crippen LogP contribution in [0.2, 0.25) is 0 Å². The smallest absolute Gasteiger partial charge is 0.161 e. The van der Waals surface area contributed by atoms with Crippen LogP contribution in [-0.4, -0.2) is 15.0 Å². The highest BCUT2D eigenvalue weighted by molar-refractivity contribution is 6.18. The minimum absolute atomic E-state index is 0.665. The van der Waals surface area contributed by atoms with Crippen LogP contribution in [0.3, 0.4) is 0 Å². The Hall–Kier alpha value is -6.71. The van der Waals surface area contributed by atoms with Crippen LogP contribution < -0.4 is 0 Å². The van der Waals surface area contributed by atoms with Gasteiger partial charge in [-0.05, 0) is 57.3 Å². The van der Waals surface area contributed by atoms with Crippen LogP contribution in [0.5, 0.6) is 0 Å². The van der Waals surface area contributed by atoms with Crippen molar-refractivity contribution in [3.05, 3.63) is 188 Å². The molecule has 0 amide bonds. The lowest BCUT2D eigenvalue weighted by atomic mass is 9.92. The summed E-state index contributed by atoms with van der Waals surface area (Å²) in [5.74, 6) is 0.665. The molecular weight excluding hydrogens is 607 g/mol. The molecule has 0 saturated heterocycles. The van der Waals surface area contributed by atoms with E-state index >= 15 is 0 Å². The van der Waals surface area contributed by atoms with Crippen molar-refractivity contribution in [2.45, 2.75) is 0 Å². The van der Waals surface area contributed by atoms with Crippen LogP contribution in [0.25, 0.3) is 89.1 Å². The summed E-state index contributed by atoms with van der Waals surface area (Å²) >= 11 is 0. The Balaban J connectivity index is 1.32. The summed E-state index contributed by atoms with van der Waals surface area (Å²) in [6, 6.07) is 65.5. The normalized spacial score (nSPS) is 11.2. The fraction of sp³-hybridized carbons (Fsp3) is 0. The zero-order chi connectivity index (χ0) is 33.3. The minimum Gasteiger partial charge on any atom is -0.248 e. The molecule has 0 radical (unpaired) electrons. The number of rotatable bonds is 6. The van der Waals surface area contributed by atoms with Crippen molar-refractivity contribution in [2.24, 2.45) is 0 Å². The molecule has 7 aromatic carbocycles. The summed E-state index contributed by atoms with van der Waals surface area (Å²) < 4.78 is 0. The highest BCUT2D eigenvalue weighted by Gasteiger charge is 2.19. The first-order chi connectivity index (χ1) is 24.8. The van der Waals surface area contributed by atoms with E-state index in [-0.39, 0.29) is 0 Å². The van der Waals surface area contributed by atoms with Crippen LogP contribution in [0, 0.1) is 0 Å². The molecule has 234 valence electrons. The SMILES string of the molecule is c1ccc(-c2cccc(-c3cc(-c4ccccc4)nc(-c4cc5nc(-c6ccccc6)cc(-c6ccccc6)c5c5ccccc45)n3)c2)cc1. The Kier molecular flexibility index (Phi) is 7.49. The van der Waals surface area contributed by atoms with Gasteiger partial charge in [0.1, 0.15) is 0 Å². The lowest BCUT2D eigenvalue weighted by Crippen LogP contribution is -1.98. The average molecular weight is 638 g/mol. The first kappa shape index (κ1) is 29.4. The first-order valence-electron chi connectivity index (χ1n) is 16.9. The zero-order valence-electron chi connectivity index (χ0n) is 27.2. The maximum atomic E-state index is 5.32. The number of aromatic nitrogens is 3. The molecule has 0 N–H and O–H groups in total. The van der Waals surface area contributed by atoms with Crippen molar-refractivity contribution in [1.29, 1.82) is 0 Å². The summed E-state index contributed by atoms with van der Waals surface area (Å²) in [6.45, 7) is 0. The van der Waals surface area contributed by atoms with E-state index in [9.17, 15) is 0 Å². The van der Waals surface area contributed by atoms with Gasteiger partial charge in [0.05, 0.1) is 22.6 Å². The molecule has 9 rings (SSSR count). The summed E-state index contributed by atoms with van der Waals surface area (Å²) in [4.78, 5) is 15.9. The van der Waals surface area contributed by atoms with Crippen molar-refractivity contribution in [2.75, 3.05) is 0 Å². The third-order valence-electron chi connectivity index (χ3n) is 9.27. The van der Waals surface area contributed by atoms with Crippen molar-refractivity contribution >= 4 is 21.7 Å². The standard InChI is InChI=1S/C47H31N3/c1-5-16-32(17-6-1)36-24-15-25-37(28-36)44-31-43(35-22-11-4-12-23-35)49-47(50-44)41-30-45-46(39-27-14-13-26-38(39)41)40(33-18-7-2-8-19-33)29-42(48-45)34-20-9-3-10-21-34/h1-31H. The molecule has 0 aliphatic rings. The zero-order valence-corrected chi connectivity index (χ0v) is 27.2. The van der Waals surface area contributed by atoms with Gasteiger partial charge in [0, 0.05) is 27.6 Å². The predicted octanol–water partition coefficient (Wildman–Crippen LogP) is 12.2. The molecule has 0 fully saturated rings. The summed E-state index contributed by atoms with van der Waals surface area (Å²) in [5.41, 5.74) is 12.3. The average Bonchev–Trinajstić information content (AvgIpc) is 3.21. The van der Waals surface area contributed by atoms with Crippen molar-refractivity contribution < 1.29 is 0 Å². The molecule has 0 spiro atoms. The van der Waals surface area contributed by atoms with E-state index in [1.54, 1.807) is 0 Å². The fourth-order valence-corrected chi connectivity index (χ4v) is 6.85. The molecule has 0 atom stereocenters. The molecule has 9 aromatic rings. The maximum Gasteiger partial charge on any atom is 0.161 e. The minimum atomic E-state index is 0.665. The van der Waals surface area contributed by atoms with Gasteiger partial charge >= 0.3 is 0 Å². The highest BCUT2D eigenvalue weighted by atomic mass is 14.9. The topological polar surface area (TPSA) is 38.7 Å². The number of fused-ring (bicyclic) bond motifs is 3. The Morgan fingerprint density at radius 2 is 0.760 bits per heavy atom. The molecule has 3 nitrogen and oxygen atoms in total. The van der Waals surface area contributed by atoms with Gasteiger partial charge in [0.25, 0.3) is 0 Å². The molecule has 0 bridgehead atoms. The van der Waals surface area contributed by atoms with Crippen molar-refractivity contribution in [1.82, 2.24) is 15.0 Å². The van der Waals surface area contributed by atoms with Gasteiger partial charge in [-0.3, -0.25) is 0 Å². The summed E-state index contributed by atoms with van der Waals surface area (Å²) in [5, 5.41) is 3.32. The third kappa shape index (κ3) is 5.51. The molecule has 0 aliphatic carbocycles. The number of hydrogen-bond donors (Lipinski definition) is 0. The van der Waals surface area contributed by atoms with E-state index in [1.165, 1.54) is 5.56 Å². The van der Waals surface area contributed by atoms with Crippen LogP contribution in [0.15, 0.2) is 188 Å². The van der Waals surface area contributed by atoms with Crippen LogP contribution in [-0.2, 0) is 0 Å². The quantitative estimate of drug-likeness (QED) is 0.170. The Morgan fingerprint density at radius 1 is 0.280 bits per heavy atom. The second-order valence-corrected chi connectivity index (χ2v) is 12.4. The molecule has 0 unspecified atom stereocenters. The molecule has 2 heterocycles. The number of benzene rings is 7. The fourth-order valence-electron chi connectivity index (χ4n) is 6.85. The molecule has 0 aliphatic heterocycles. The molecule has 0 saturated carbocycles. The molecule has 3 heteroatoms. The van der Waals surface area contributed by atoms with Gasteiger partial charge in [-0.15, -0.1) is 0 Å². The second-order valence-electron chi connectivity index (χ2n) is 12.4. The van der Waals surface area contributed by atoms with Gasteiger partial charge in [-0.2, -0.15) is 0 Å². The largest absolute Gasteiger partial charge is 0.248 e. The van der Waals surface area contributed by atoms with Crippen LogP contribution in [0.4, 0.5) is 0 Å². The van der Waals surface area contributed by atoms with Gasteiger partial charge in [-0.25, -0.2) is 15.0 Å². The van der Waals surface area contributed by atoms with E-state index in [1.807, 2.05) is 18.2 Å². The Bertz CT molecular complexity index is 2620. The first-order valence-corrected chi connectivity index (χ1v) is 16.9. The number of hydrogen-bond acceptors (Lipinski definition) is 3. The van der Waals surface area contributed by atoms with Gasteiger partial charge in [0.2, 0.25) is 0 Å². The molecule has 2 aromatic heterocycles. The Morgan fingerprint density at radius 3 is 1.40 bits per heavy atom. The van der Waals surface area contributed by atoms with Crippen LogP contribution >= 0.6 is 0 Å². The molecule has 50 heavy (non-hydrogen) atoms. The lowest BCUT2D eigenvalue weighted by Gasteiger charge is -2.16. The summed E-state index contributed by atoms with van der Waals surface area (Å²) in [7, 11) is 0. The monoisotopic (exact) mass is 637 g/mol. The van der Waals surface area contributed by atoms with E-state index in [0.29, 0.717) is 5.82 Å². The van der Waals surface area contributed by atoms with Gasteiger partial charge < -0.3 is 0 Å². The Labute approximate surface area is 291 Å². The molecular formula is C47H31N3. The van der Waals surface area contributed by atoms with Crippen molar-refractivity contribution in [3.8, 4) is 67.4 Å². The van der Waals surface area contributed by atoms with Gasteiger partial charge in [-0.1, -0.05) is 164 Å². The number of pyridine rings is 1. The second kappa shape index (κ2) is 12.7. The summed E-state index contributed by atoms with van der Waals surface area (Å²) in [6.07, 6.45) is 0.